The summed E-state index contributed by atoms with van der Waals surface area (Å²) in [7, 11) is 0. The Hall–Kier alpha value is 0.898. The zero-order chi connectivity index (χ0) is 7.82. The van der Waals surface area contributed by atoms with Crippen molar-refractivity contribution in [2.45, 2.75) is 32.6 Å². The van der Waals surface area contributed by atoms with Crippen molar-refractivity contribution in [1.82, 2.24) is 0 Å². The zero-order valence-electron chi connectivity index (χ0n) is 6.21. The first-order chi connectivity index (χ1) is 4.77. The molecule has 11 heavy (non-hydrogen) atoms. The van der Waals surface area contributed by atoms with E-state index in [0.29, 0.717) is 6.61 Å². The first-order valence-electron chi connectivity index (χ1n) is 3.54. The molecule has 0 aromatic rings. The van der Waals surface area contributed by atoms with E-state index in [1.165, 1.54) is 6.42 Å². The molecule has 0 N–H and O–H groups in total. The van der Waals surface area contributed by atoms with E-state index in [4.69, 9.17) is 0 Å². The maximum atomic E-state index is 9.97. The third-order valence-electron chi connectivity index (χ3n) is 1.19. The van der Waals surface area contributed by atoms with Crippen molar-refractivity contribution in [2.24, 2.45) is 0 Å². The van der Waals surface area contributed by atoms with Crippen molar-refractivity contribution in [3.63, 3.8) is 0 Å². The van der Waals surface area contributed by atoms with Crippen LogP contribution in [0.25, 0.3) is 0 Å². The number of hydrogen-bond acceptors (Lipinski definition) is 3. The van der Waals surface area contributed by atoms with Gasteiger partial charge in [0.1, 0.15) is 0 Å². The summed E-state index contributed by atoms with van der Waals surface area (Å²) in [5, 5.41) is 0. The molecule has 0 spiro atoms. The van der Waals surface area contributed by atoms with Gasteiger partial charge in [-0.25, -0.2) is 0 Å². The van der Waals surface area contributed by atoms with Crippen LogP contribution < -0.4 is 0 Å². The summed E-state index contributed by atoms with van der Waals surface area (Å²) in [6.45, 7) is 2.51. The van der Waals surface area contributed by atoms with Gasteiger partial charge in [0.25, 0.3) is 0 Å². The summed E-state index contributed by atoms with van der Waals surface area (Å²) in [4.78, 5) is 0. The van der Waals surface area contributed by atoms with Gasteiger partial charge in [-0.05, 0) is 0 Å². The van der Waals surface area contributed by atoms with Gasteiger partial charge in [-0.2, -0.15) is 0 Å². The van der Waals surface area contributed by atoms with Crippen LogP contribution in [0.1, 0.15) is 32.6 Å². The van der Waals surface area contributed by atoms with E-state index >= 15 is 0 Å². The zero-order valence-corrected chi connectivity index (χ0v) is 8.41. The second-order valence-corrected chi connectivity index (χ2v) is 3.85. The third-order valence-corrected chi connectivity index (χ3v) is 2.16. The molecule has 0 aromatic heterocycles. The Morgan fingerprint density at radius 2 is 1.82 bits per heavy atom. The van der Waals surface area contributed by atoms with E-state index in [1.807, 2.05) is 0 Å². The van der Waals surface area contributed by atoms with Crippen LogP contribution in [0.3, 0.4) is 0 Å². The molecule has 0 aliphatic rings. The van der Waals surface area contributed by atoms with Crippen LogP contribution in [-0.4, -0.2) is 25.5 Å². The Kier molecular flexibility index (Phi) is 14.3. The van der Waals surface area contributed by atoms with E-state index in [2.05, 4.69) is 10.2 Å². The van der Waals surface area contributed by atoms with Crippen molar-refractivity contribution in [3.05, 3.63) is 0 Å². The van der Waals surface area contributed by atoms with Gasteiger partial charge < -0.3 is 0 Å². The molecule has 0 saturated carbocycles. The molecule has 0 heterocycles. The molecule has 0 aliphatic carbocycles. The van der Waals surface area contributed by atoms with Gasteiger partial charge in [0.15, 0.2) is 0 Å². The van der Waals surface area contributed by atoms with Crippen molar-refractivity contribution < 1.29 is 28.5 Å². The van der Waals surface area contributed by atoms with E-state index in [9.17, 15) is 6.50 Å². The first kappa shape index (κ1) is 14.4. The fraction of sp³-hybridized carbons (Fsp3) is 1.00. The van der Waals surface area contributed by atoms with Gasteiger partial charge in [-0.15, -0.1) is 0 Å². The monoisotopic (exact) mass is 234 g/mol. The van der Waals surface area contributed by atoms with E-state index in [-0.39, 0.29) is 18.9 Å². The molecule has 0 saturated heterocycles. The summed E-state index contributed by atoms with van der Waals surface area (Å²) in [6, 6.07) is 0. The number of rotatable bonds is 6. The van der Waals surface area contributed by atoms with Gasteiger partial charge in [-0.1, -0.05) is 0 Å². The van der Waals surface area contributed by atoms with Crippen molar-refractivity contribution in [2.75, 3.05) is 6.61 Å². The van der Waals surface area contributed by atoms with Crippen LogP contribution in [0.5, 0.6) is 0 Å². The summed E-state index contributed by atoms with van der Waals surface area (Å²) < 4.78 is 24.4. The summed E-state index contributed by atoms with van der Waals surface area (Å²) in [5.41, 5.74) is 0. The number of hydrogen-bond donors (Lipinski definition) is 0. The van der Waals surface area contributed by atoms with E-state index in [0.717, 1.165) is 19.3 Å². The molecule has 0 rings (SSSR count). The Balaban J connectivity index is 0. The Bertz CT molecular complexity index is 128. The molecule has 0 atom stereocenters. The van der Waals surface area contributed by atoms with Gasteiger partial charge in [0.2, 0.25) is 0 Å². The molecular weight excluding hydrogens is 220 g/mol. The normalized spacial score (nSPS) is 8.82. The molecule has 0 radical (unpaired) electrons. The quantitative estimate of drug-likeness (QED) is 0.511. The van der Waals surface area contributed by atoms with Gasteiger partial charge >= 0.3 is 86.6 Å². The molecule has 0 amide bonds. The molecule has 0 bridgehead atoms. The molecule has 3 nitrogen and oxygen atoms in total. The summed E-state index contributed by atoms with van der Waals surface area (Å²) in [5.74, 6) is 0. The van der Waals surface area contributed by atoms with Crippen LogP contribution in [0, 0.1) is 0 Å². The van der Waals surface area contributed by atoms with Gasteiger partial charge in [0, 0.05) is 0 Å². The van der Waals surface area contributed by atoms with Crippen LogP contribution in [0.4, 0.5) is 0 Å². The molecule has 62 valence electrons. The van der Waals surface area contributed by atoms with E-state index < -0.39 is 18.8 Å². The molecule has 0 fully saturated rings. The van der Waals surface area contributed by atoms with Crippen LogP contribution in [0.2, 0.25) is 0 Å². The Morgan fingerprint density at radius 3 is 2.27 bits per heavy atom. The van der Waals surface area contributed by atoms with Crippen molar-refractivity contribution >= 4 is 18.9 Å². The standard InChI is InChI=1S/C6H13O.Li.Nb.2O.H/c1-2-3-4-5-6-7;;;;;/h2-6H2,1H3;;;;;/q-1;;+1;;;. The maximum absolute atomic E-state index is 9.97. The molecular formula is C6H14LiNbO3. The van der Waals surface area contributed by atoms with Gasteiger partial charge in [-0.3, -0.25) is 0 Å². The molecule has 0 aromatic carbocycles. The van der Waals surface area contributed by atoms with Crippen LogP contribution >= 0.6 is 0 Å². The summed E-state index contributed by atoms with van der Waals surface area (Å²) >= 11 is -3.58. The second-order valence-electron chi connectivity index (χ2n) is 2.12. The average Bonchev–Trinajstić information content (AvgIpc) is 1.87. The molecule has 0 unspecified atom stereocenters. The SMILES string of the molecule is CCCCCC[O][Nb](=[O])=[O].[LiH]. The average molecular weight is 234 g/mol. The molecule has 5 heteroatoms. The minimum absolute atomic E-state index is 0. The predicted molar refractivity (Wildman–Crippen MR) is 38.6 cm³/mol. The van der Waals surface area contributed by atoms with Crippen LogP contribution in [-0.2, 0) is 28.5 Å². The van der Waals surface area contributed by atoms with Gasteiger partial charge in [0.05, 0.1) is 0 Å². The first-order valence-corrected chi connectivity index (χ1v) is 6.24. The minimum atomic E-state index is -3.58. The third kappa shape index (κ3) is 13.8. The second kappa shape index (κ2) is 10.9. The van der Waals surface area contributed by atoms with Crippen molar-refractivity contribution in [1.29, 1.82) is 0 Å². The Labute approximate surface area is 86.3 Å². The predicted octanol–water partition coefficient (Wildman–Crippen LogP) is 1.16. The summed E-state index contributed by atoms with van der Waals surface area (Å²) in [6.07, 6.45) is 4.28. The molecule has 0 aliphatic heterocycles. The topological polar surface area (TPSA) is 43.4 Å². The Morgan fingerprint density at radius 1 is 1.18 bits per heavy atom. The van der Waals surface area contributed by atoms with Crippen molar-refractivity contribution in [3.8, 4) is 0 Å². The van der Waals surface area contributed by atoms with E-state index in [1.54, 1.807) is 0 Å². The number of unbranched alkanes of at least 4 members (excludes halogenated alkanes) is 3. The fourth-order valence-corrected chi connectivity index (χ4v) is 1.35. The fourth-order valence-electron chi connectivity index (χ4n) is 0.668. The van der Waals surface area contributed by atoms with Crippen LogP contribution in [0.15, 0.2) is 0 Å².